The molecule has 0 fully saturated rings. The van der Waals surface area contributed by atoms with Crippen LogP contribution in [0.15, 0.2) is 97.2 Å². The number of carbonyl (C=O) groups excluding carboxylic acids is 1. The Hall–Kier alpha value is -4.65. The van der Waals surface area contributed by atoms with Crippen LogP contribution in [0.2, 0.25) is 0 Å². The fraction of sp³-hybridized carbons (Fsp3) is 0.161. The number of fused-ring (bicyclic) bond motifs is 3. The number of hydrogen-bond acceptors (Lipinski definition) is 2. The van der Waals surface area contributed by atoms with Crippen LogP contribution in [-0.4, -0.2) is 25.3 Å². The van der Waals surface area contributed by atoms with Crippen molar-refractivity contribution in [3.05, 3.63) is 137 Å². The van der Waals surface area contributed by atoms with Gasteiger partial charge in [0.15, 0.2) is 0 Å². The van der Waals surface area contributed by atoms with E-state index in [4.69, 9.17) is 5.10 Å². The Labute approximate surface area is 221 Å². The van der Waals surface area contributed by atoms with Crippen molar-refractivity contribution in [2.45, 2.75) is 33.0 Å². The van der Waals surface area contributed by atoms with Gasteiger partial charge >= 0.3 is 6.03 Å². The van der Waals surface area contributed by atoms with E-state index in [0.717, 1.165) is 39.6 Å². The third-order valence-corrected chi connectivity index (χ3v) is 7.10. The van der Waals surface area contributed by atoms with Crippen LogP contribution in [0, 0.1) is 19.7 Å². The summed E-state index contributed by atoms with van der Waals surface area (Å²) in [7, 11) is 0. The lowest BCUT2D eigenvalue weighted by molar-refractivity contribution is 0.180. The van der Waals surface area contributed by atoms with Gasteiger partial charge in [-0.15, -0.1) is 0 Å². The maximum Gasteiger partial charge on any atom is 0.318 e. The number of carbonyl (C=O) groups is 1. The maximum atomic E-state index is 13.9. The molecule has 0 spiro atoms. The molecule has 0 saturated carbocycles. The molecule has 7 heteroatoms. The molecule has 1 atom stereocenters. The van der Waals surface area contributed by atoms with Crippen LogP contribution in [0.3, 0.4) is 0 Å². The number of halogens is 1. The third-order valence-electron chi connectivity index (χ3n) is 7.10. The van der Waals surface area contributed by atoms with Crippen LogP contribution < -0.4 is 5.32 Å². The Bertz CT molecular complexity index is 1590. The summed E-state index contributed by atoms with van der Waals surface area (Å²) in [4.78, 5) is 15.7. The number of aromatic nitrogens is 3. The molecule has 1 N–H and O–H groups in total. The van der Waals surface area contributed by atoms with Crippen molar-refractivity contribution < 1.29 is 9.18 Å². The van der Waals surface area contributed by atoms with Gasteiger partial charge in [-0.25, -0.2) is 13.9 Å². The number of aryl methyl sites for hydroxylation is 2. The molecule has 5 aromatic rings. The lowest BCUT2D eigenvalue weighted by atomic mass is 10.0. The highest BCUT2D eigenvalue weighted by atomic mass is 19.1. The van der Waals surface area contributed by atoms with E-state index in [0.29, 0.717) is 13.1 Å². The van der Waals surface area contributed by atoms with Crippen molar-refractivity contribution in [3.8, 4) is 11.5 Å². The zero-order chi connectivity index (χ0) is 26.2. The molecule has 0 radical (unpaired) electrons. The Morgan fingerprint density at radius 1 is 0.947 bits per heavy atom. The highest BCUT2D eigenvalue weighted by molar-refractivity contribution is 5.76. The summed E-state index contributed by atoms with van der Waals surface area (Å²) in [5, 5.41) is 7.99. The fourth-order valence-corrected chi connectivity index (χ4v) is 5.13. The molecule has 1 unspecified atom stereocenters. The second-order valence-corrected chi connectivity index (χ2v) is 9.66. The number of nitrogens with zero attached hydrogens (tertiary/aromatic N) is 4. The predicted molar refractivity (Wildman–Crippen MR) is 145 cm³/mol. The van der Waals surface area contributed by atoms with Gasteiger partial charge < -0.3 is 14.8 Å². The summed E-state index contributed by atoms with van der Waals surface area (Å²) in [5.74, 6) is 0.585. The summed E-state index contributed by atoms with van der Waals surface area (Å²) in [5.41, 5.74) is 6.67. The Balaban J connectivity index is 1.47. The number of para-hydroxylation sites is 1. The lowest BCUT2D eigenvalue weighted by Gasteiger charge is -2.31. The second kappa shape index (κ2) is 9.67. The molecule has 2 amide bonds. The summed E-state index contributed by atoms with van der Waals surface area (Å²) in [6.07, 6.45) is 2.00. The molecule has 38 heavy (non-hydrogen) atoms. The lowest BCUT2D eigenvalue weighted by Crippen LogP contribution is -2.41. The Kier molecular flexibility index (Phi) is 6.04. The van der Waals surface area contributed by atoms with Gasteiger partial charge in [0, 0.05) is 18.3 Å². The van der Waals surface area contributed by atoms with Gasteiger partial charge in [-0.2, -0.15) is 5.10 Å². The van der Waals surface area contributed by atoms with E-state index in [-0.39, 0.29) is 11.8 Å². The summed E-state index contributed by atoms with van der Waals surface area (Å²) >= 11 is 0. The first-order chi connectivity index (χ1) is 18.5. The molecule has 0 aliphatic carbocycles. The molecule has 6 nitrogen and oxygen atoms in total. The SMILES string of the molecule is Cc1ccc(CNC(=O)N2Cc3c(C)nn(-c4ccccc4)c3-n3cccc3C2c2ccc(F)cc2)cc1. The minimum absolute atomic E-state index is 0.202. The summed E-state index contributed by atoms with van der Waals surface area (Å²) in [6.45, 7) is 4.76. The zero-order valence-electron chi connectivity index (χ0n) is 21.3. The first-order valence-electron chi connectivity index (χ1n) is 12.7. The molecule has 0 bridgehead atoms. The predicted octanol–water partition coefficient (Wildman–Crippen LogP) is 6.23. The quantitative estimate of drug-likeness (QED) is 0.315. The van der Waals surface area contributed by atoms with Gasteiger partial charge in [-0.05, 0) is 61.4 Å². The minimum atomic E-state index is -0.431. The Morgan fingerprint density at radius 2 is 1.68 bits per heavy atom. The number of nitrogens with one attached hydrogen (secondary N) is 1. The molecule has 2 aromatic heterocycles. The van der Waals surface area contributed by atoms with Crippen LogP contribution in [0.25, 0.3) is 11.5 Å². The Morgan fingerprint density at radius 3 is 2.42 bits per heavy atom. The van der Waals surface area contributed by atoms with Crippen molar-refractivity contribution in [2.75, 3.05) is 0 Å². The van der Waals surface area contributed by atoms with E-state index in [9.17, 15) is 9.18 Å². The fourth-order valence-electron chi connectivity index (χ4n) is 5.13. The average molecular weight is 506 g/mol. The summed E-state index contributed by atoms with van der Waals surface area (Å²) < 4.78 is 17.9. The number of amides is 2. The topological polar surface area (TPSA) is 55.1 Å². The van der Waals surface area contributed by atoms with E-state index < -0.39 is 6.04 Å². The van der Waals surface area contributed by atoms with E-state index in [1.165, 1.54) is 17.7 Å². The van der Waals surface area contributed by atoms with Crippen LogP contribution in [-0.2, 0) is 13.1 Å². The number of hydrogen-bond donors (Lipinski definition) is 1. The van der Waals surface area contributed by atoms with Gasteiger partial charge in [0.1, 0.15) is 11.6 Å². The number of urea groups is 1. The molecule has 1 aliphatic rings. The van der Waals surface area contributed by atoms with Crippen LogP contribution in [0.5, 0.6) is 0 Å². The van der Waals surface area contributed by atoms with Crippen LogP contribution in [0.4, 0.5) is 9.18 Å². The third kappa shape index (κ3) is 4.26. The molecule has 190 valence electrons. The standard InChI is InChI=1S/C31H28FN5O/c1-21-10-12-23(13-11-21)19-33-31(38)36-20-27-22(2)34-37(26-7-4-3-5-8-26)30(27)35-18-6-9-28(35)29(36)24-14-16-25(32)17-15-24/h3-18,29H,19-20H2,1-2H3,(H,33,38). The van der Waals surface area contributed by atoms with Gasteiger partial charge in [0.2, 0.25) is 0 Å². The molecule has 3 heterocycles. The summed E-state index contributed by atoms with van der Waals surface area (Å²) in [6, 6.07) is 27.8. The molecular formula is C31H28FN5O. The second-order valence-electron chi connectivity index (χ2n) is 9.66. The molecule has 1 aliphatic heterocycles. The smallest absolute Gasteiger partial charge is 0.318 e. The van der Waals surface area contributed by atoms with E-state index in [1.54, 1.807) is 12.1 Å². The maximum absolute atomic E-state index is 13.9. The van der Waals surface area contributed by atoms with Crippen molar-refractivity contribution in [1.29, 1.82) is 0 Å². The van der Waals surface area contributed by atoms with E-state index in [2.05, 4.69) is 9.88 Å². The number of rotatable bonds is 4. The van der Waals surface area contributed by atoms with Gasteiger partial charge in [-0.3, -0.25) is 0 Å². The highest BCUT2D eigenvalue weighted by Gasteiger charge is 2.35. The van der Waals surface area contributed by atoms with Crippen molar-refractivity contribution in [2.24, 2.45) is 0 Å². The highest BCUT2D eigenvalue weighted by Crippen LogP contribution is 2.38. The van der Waals surface area contributed by atoms with Crippen molar-refractivity contribution in [3.63, 3.8) is 0 Å². The van der Waals surface area contributed by atoms with Crippen molar-refractivity contribution >= 4 is 6.03 Å². The van der Waals surface area contributed by atoms with Gasteiger partial charge in [-0.1, -0.05) is 60.2 Å². The first kappa shape index (κ1) is 23.7. The zero-order valence-corrected chi connectivity index (χ0v) is 21.3. The normalized spacial score (nSPS) is 14.5. The van der Waals surface area contributed by atoms with E-state index in [1.807, 2.05) is 96.4 Å². The molecule has 0 saturated heterocycles. The molecular weight excluding hydrogens is 477 g/mol. The monoisotopic (exact) mass is 505 g/mol. The van der Waals surface area contributed by atoms with Crippen LogP contribution >= 0.6 is 0 Å². The first-order valence-corrected chi connectivity index (χ1v) is 12.7. The average Bonchev–Trinajstić information content (AvgIpc) is 3.50. The van der Waals surface area contributed by atoms with Crippen molar-refractivity contribution in [1.82, 2.24) is 24.6 Å². The van der Waals surface area contributed by atoms with Gasteiger partial charge in [0.25, 0.3) is 0 Å². The molecule has 6 rings (SSSR count). The minimum Gasteiger partial charge on any atom is -0.334 e. The molecule has 3 aromatic carbocycles. The largest absolute Gasteiger partial charge is 0.334 e. The van der Waals surface area contributed by atoms with Crippen LogP contribution in [0.1, 0.15) is 39.7 Å². The van der Waals surface area contributed by atoms with Gasteiger partial charge in [0.05, 0.1) is 29.7 Å². The van der Waals surface area contributed by atoms with E-state index >= 15 is 0 Å². The number of benzene rings is 3.